The minimum absolute atomic E-state index is 0.159. The summed E-state index contributed by atoms with van der Waals surface area (Å²) in [6, 6.07) is 13.8. The van der Waals surface area contributed by atoms with Crippen molar-refractivity contribution >= 4 is 21.4 Å². The van der Waals surface area contributed by atoms with Crippen molar-refractivity contribution in [3.63, 3.8) is 0 Å². The van der Waals surface area contributed by atoms with Gasteiger partial charge in [0.25, 0.3) is 5.91 Å². The van der Waals surface area contributed by atoms with Crippen molar-refractivity contribution in [2.75, 3.05) is 11.4 Å². The first-order chi connectivity index (χ1) is 13.3. The van der Waals surface area contributed by atoms with E-state index in [-0.39, 0.29) is 11.2 Å². The molecular formula is C22H25NO4S. The normalized spacial score (nSPS) is 19.1. The average molecular weight is 400 g/mol. The second-order valence-corrected chi connectivity index (χ2v) is 10.4. The van der Waals surface area contributed by atoms with Crippen molar-refractivity contribution in [2.45, 2.75) is 55.3 Å². The number of fused-ring (bicyclic) bond motifs is 1. The van der Waals surface area contributed by atoms with Gasteiger partial charge in [-0.1, -0.05) is 25.0 Å². The van der Waals surface area contributed by atoms with E-state index in [2.05, 4.69) is 0 Å². The molecule has 1 heterocycles. The summed E-state index contributed by atoms with van der Waals surface area (Å²) < 4.78 is 31.5. The summed E-state index contributed by atoms with van der Waals surface area (Å²) in [5, 5.41) is -0.291. The minimum Gasteiger partial charge on any atom is -0.484 e. The molecule has 0 aromatic heterocycles. The highest BCUT2D eigenvalue weighted by molar-refractivity contribution is 7.92. The van der Waals surface area contributed by atoms with E-state index < -0.39 is 15.4 Å². The number of amides is 1. The van der Waals surface area contributed by atoms with Crippen LogP contribution in [0, 0.1) is 0 Å². The fourth-order valence-electron chi connectivity index (χ4n) is 4.08. The van der Waals surface area contributed by atoms with Crippen molar-refractivity contribution in [2.24, 2.45) is 0 Å². The van der Waals surface area contributed by atoms with E-state index >= 15 is 0 Å². The lowest BCUT2D eigenvalue weighted by molar-refractivity contribution is 0.0837. The first-order valence-electron chi connectivity index (χ1n) is 9.72. The zero-order valence-corrected chi connectivity index (χ0v) is 17.0. The summed E-state index contributed by atoms with van der Waals surface area (Å²) in [6.45, 7) is 4.31. The van der Waals surface area contributed by atoms with Gasteiger partial charge < -0.3 is 9.64 Å². The fourth-order valence-corrected chi connectivity index (χ4v) is 5.93. The number of hydrogen-bond donors (Lipinski definition) is 0. The molecule has 6 heteroatoms. The van der Waals surface area contributed by atoms with Crippen LogP contribution < -0.4 is 9.64 Å². The second kappa shape index (κ2) is 6.92. The van der Waals surface area contributed by atoms with E-state index in [9.17, 15) is 13.2 Å². The van der Waals surface area contributed by atoms with Crippen LogP contribution >= 0.6 is 0 Å². The topological polar surface area (TPSA) is 63.7 Å². The van der Waals surface area contributed by atoms with Crippen LogP contribution in [0.15, 0.2) is 53.4 Å². The monoisotopic (exact) mass is 399 g/mol. The molecule has 2 aromatic carbocycles. The van der Waals surface area contributed by atoms with Crippen LogP contribution in [0.2, 0.25) is 0 Å². The molecule has 0 radical (unpaired) electrons. The Hall–Kier alpha value is -2.34. The molecule has 1 amide bonds. The number of para-hydroxylation sites is 2. The highest BCUT2D eigenvalue weighted by Crippen LogP contribution is 2.37. The maximum Gasteiger partial charge on any atom is 0.258 e. The average Bonchev–Trinajstić information content (AvgIpc) is 3.22. The Bertz CT molecular complexity index is 989. The summed E-state index contributed by atoms with van der Waals surface area (Å²) in [4.78, 5) is 15.2. The maximum absolute atomic E-state index is 13.2. The molecule has 0 N–H and O–H groups in total. The maximum atomic E-state index is 13.2. The van der Waals surface area contributed by atoms with E-state index in [1.165, 1.54) is 0 Å². The van der Waals surface area contributed by atoms with Gasteiger partial charge in [0.15, 0.2) is 9.84 Å². The summed E-state index contributed by atoms with van der Waals surface area (Å²) in [7, 11) is -3.32. The Morgan fingerprint density at radius 2 is 1.68 bits per heavy atom. The Labute approximate surface area is 166 Å². The number of hydrogen-bond acceptors (Lipinski definition) is 4. The molecule has 2 aromatic rings. The zero-order valence-electron chi connectivity index (χ0n) is 16.2. The molecule has 1 saturated carbocycles. The van der Waals surface area contributed by atoms with Crippen LogP contribution in [0.25, 0.3) is 0 Å². The summed E-state index contributed by atoms with van der Waals surface area (Å²) in [6.07, 6.45) is 3.38. The van der Waals surface area contributed by atoms with Gasteiger partial charge in [0.2, 0.25) is 0 Å². The number of sulfone groups is 1. The highest BCUT2D eigenvalue weighted by Gasteiger charge is 2.35. The lowest BCUT2D eigenvalue weighted by atomic mass is 10.0. The van der Waals surface area contributed by atoms with Gasteiger partial charge >= 0.3 is 0 Å². The largest absolute Gasteiger partial charge is 0.484 e. The first-order valence-corrected chi connectivity index (χ1v) is 11.3. The predicted molar refractivity (Wildman–Crippen MR) is 109 cm³/mol. The van der Waals surface area contributed by atoms with E-state index in [1.54, 1.807) is 29.2 Å². The number of nitrogens with zero attached hydrogens (tertiary/aromatic N) is 1. The summed E-state index contributed by atoms with van der Waals surface area (Å²) >= 11 is 0. The van der Waals surface area contributed by atoms with Crippen molar-refractivity contribution in [1.29, 1.82) is 0 Å². The van der Waals surface area contributed by atoms with Crippen LogP contribution in [0.1, 0.15) is 49.9 Å². The molecule has 148 valence electrons. The quantitative estimate of drug-likeness (QED) is 0.775. The zero-order chi connectivity index (χ0) is 19.9. The van der Waals surface area contributed by atoms with E-state index in [1.807, 2.05) is 38.1 Å². The van der Waals surface area contributed by atoms with Gasteiger partial charge in [0, 0.05) is 5.56 Å². The van der Waals surface area contributed by atoms with Gasteiger partial charge in [0.05, 0.1) is 22.4 Å². The van der Waals surface area contributed by atoms with Crippen molar-refractivity contribution in [3.05, 3.63) is 54.1 Å². The Morgan fingerprint density at radius 1 is 1.04 bits per heavy atom. The van der Waals surface area contributed by atoms with Crippen LogP contribution in [-0.4, -0.2) is 31.7 Å². The number of rotatable bonds is 3. The molecule has 5 nitrogen and oxygen atoms in total. The molecule has 2 aliphatic rings. The molecule has 0 saturated heterocycles. The molecule has 0 unspecified atom stereocenters. The Balaban J connectivity index is 1.62. The van der Waals surface area contributed by atoms with E-state index in [0.717, 1.165) is 31.4 Å². The summed E-state index contributed by atoms with van der Waals surface area (Å²) in [5.74, 6) is 0.515. The third kappa shape index (κ3) is 3.41. The third-order valence-electron chi connectivity index (χ3n) is 5.50. The number of carbonyl (C=O) groups is 1. The van der Waals surface area contributed by atoms with Gasteiger partial charge in [-0.2, -0.15) is 0 Å². The molecule has 0 atom stereocenters. The number of anilines is 1. The third-order valence-corrected chi connectivity index (χ3v) is 7.78. The second-order valence-electron chi connectivity index (χ2n) is 8.20. The molecule has 1 aliphatic heterocycles. The van der Waals surface area contributed by atoms with Crippen molar-refractivity contribution in [3.8, 4) is 5.75 Å². The van der Waals surface area contributed by atoms with E-state index in [4.69, 9.17) is 4.74 Å². The van der Waals surface area contributed by atoms with Gasteiger partial charge in [-0.15, -0.1) is 0 Å². The molecule has 4 rings (SSSR count). The van der Waals surface area contributed by atoms with Gasteiger partial charge in [0.1, 0.15) is 11.4 Å². The van der Waals surface area contributed by atoms with Crippen LogP contribution in [-0.2, 0) is 9.84 Å². The summed E-state index contributed by atoms with van der Waals surface area (Å²) in [5.41, 5.74) is 0.697. The standard InChI is InChI=1S/C22H25NO4S/c1-22(2)15-23(19-9-5-6-10-20(19)27-22)21(24)16-11-13-18(14-12-16)28(25,26)17-7-3-4-8-17/h5-6,9-14,17H,3-4,7-8,15H2,1-2H3. The molecular weight excluding hydrogens is 374 g/mol. The molecule has 28 heavy (non-hydrogen) atoms. The lowest BCUT2D eigenvalue weighted by Gasteiger charge is -2.39. The highest BCUT2D eigenvalue weighted by atomic mass is 32.2. The lowest BCUT2D eigenvalue weighted by Crippen LogP contribution is -2.49. The predicted octanol–water partition coefficient (Wildman–Crippen LogP) is 4.22. The van der Waals surface area contributed by atoms with Crippen LogP contribution in [0.4, 0.5) is 5.69 Å². The minimum atomic E-state index is -3.32. The van der Waals surface area contributed by atoms with Gasteiger partial charge in [-0.25, -0.2) is 8.42 Å². The van der Waals surface area contributed by atoms with Crippen LogP contribution in [0.3, 0.4) is 0 Å². The fraction of sp³-hybridized carbons (Fsp3) is 0.409. The van der Waals surface area contributed by atoms with Crippen molar-refractivity contribution < 1.29 is 17.9 Å². The number of ether oxygens (including phenoxy) is 1. The van der Waals surface area contributed by atoms with Gasteiger partial charge in [-0.3, -0.25) is 4.79 Å². The Kier molecular flexibility index (Phi) is 4.70. The molecule has 0 spiro atoms. The van der Waals surface area contributed by atoms with Crippen LogP contribution in [0.5, 0.6) is 5.75 Å². The number of carbonyl (C=O) groups excluding carboxylic acids is 1. The first kappa shape index (κ1) is 19.0. The van der Waals surface area contributed by atoms with Crippen molar-refractivity contribution in [1.82, 2.24) is 0 Å². The number of benzene rings is 2. The molecule has 1 aliphatic carbocycles. The van der Waals surface area contributed by atoms with E-state index in [0.29, 0.717) is 22.8 Å². The SMILES string of the molecule is CC1(C)CN(C(=O)c2ccc(S(=O)(=O)C3CCCC3)cc2)c2ccccc2O1. The smallest absolute Gasteiger partial charge is 0.258 e. The Morgan fingerprint density at radius 3 is 2.36 bits per heavy atom. The molecule has 1 fully saturated rings. The molecule has 0 bridgehead atoms. The van der Waals surface area contributed by atoms with Gasteiger partial charge in [-0.05, 0) is 63.1 Å².